The van der Waals surface area contributed by atoms with E-state index >= 15 is 0 Å². The van der Waals surface area contributed by atoms with E-state index in [-0.39, 0.29) is 17.6 Å². The number of nitrogens with zero attached hydrogens (tertiary/aromatic N) is 1. The van der Waals surface area contributed by atoms with Crippen molar-refractivity contribution in [3.8, 4) is 0 Å². The predicted octanol–water partition coefficient (Wildman–Crippen LogP) is 3.48. The second kappa shape index (κ2) is 4.26. The lowest BCUT2D eigenvalue weighted by molar-refractivity contribution is 0.281. The maximum atomic E-state index is 13.1. The summed E-state index contributed by atoms with van der Waals surface area (Å²) in [7, 11) is 0. The number of rotatable bonds is 1. The Labute approximate surface area is 104 Å². The van der Waals surface area contributed by atoms with Crippen molar-refractivity contribution in [3.63, 3.8) is 0 Å². The number of benzene rings is 1. The summed E-state index contributed by atoms with van der Waals surface area (Å²) in [5.74, 6) is -0.0108. The first-order valence-corrected chi connectivity index (χ1v) is 6.46. The lowest BCUT2D eigenvalue weighted by Gasteiger charge is -2.26. The topological polar surface area (TPSA) is 35.1 Å². The van der Waals surface area contributed by atoms with E-state index in [2.05, 4.69) is 6.92 Å². The molecule has 0 radical (unpaired) electrons. The van der Waals surface area contributed by atoms with E-state index in [4.69, 9.17) is 4.42 Å². The van der Waals surface area contributed by atoms with Crippen molar-refractivity contribution >= 4 is 11.1 Å². The molecule has 3 nitrogen and oxygen atoms in total. The molecular weight excluding hydrogens is 233 g/mol. The van der Waals surface area contributed by atoms with Crippen LogP contribution in [-0.4, -0.2) is 4.57 Å². The first kappa shape index (κ1) is 11.5. The summed E-state index contributed by atoms with van der Waals surface area (Å²) < 4.78 is 19.9. The smallest absolute Gasteiger partial charge is 0.408 e. The van der Waals surface area contributed by atoms with Gasteiger partial charge in [0, 0.05) is 12.1 Å². The summed E-state index contributed by atoms with van der Waals surface area (Å²) in [6.45, 7) is 2.24. The monoisotopic (exact) mass is 249 g/mol. The van der Waals surface area contributed by atoms with Gasteiger partial charge in [-0.3, -0.25) is 4.57 Å². The van der Waals surface area contributed by atoms with Crippen molar-refractivity contribution < 1.29 is 8.81 Å². The van der Waals surface area contributed by atoms with Crippen LogP contribution in [0.3, 0.4) is 0 Å². The van der Waals surface area contributed by atoms with Gasteiger partial charge >= 0.3 is 5.76 Å². The number of hydrogen-bond donors (Lipinski definition) is 0. The third-order valence-corrected chi connectivity index (χ3v) is 3.93. The molecule has 1 fully saturated rings. The lowest BCUT2D eigenvalue weighted by Crippen LogP contribution is -2.24. The van der Waals surface area contributed by atoms with Gasteiger partial charge in [-0.1, -0.05) is 6.92 Å². The van der Waals surface area contributed by atoms with Crippen LogP contribution in [0.15, 0.2) is 27.4 Å². The molecule has 1 heterocycles. The normalized spacial score (nSPS) is 24.6. The van der Waals surface area contributed by atoms with E-state index in [1.807, 2.05) is 0 Å². The largest absolute Gasteiger partial charge is 0.420 e. The summed E-state index contributed by atoms with van der Waals surface area (Å²) in [6, 6.07) is 4.48. The molecule has 1 saturated carbocycles. The van der Waals surface area contributed by atoms with Crippen LogP contribution in [0.25, 0.3) is 11.1 Å². The summed E-state index contributed by atoms with van der Waals surface area (Å²) in [6.07, 6.45) is 4.25. The van der Waals surface area contributed by atoms with Crippen LogP contribution in [-0.2, 0) is 0 Å². The standard InChI is InChI=1S/C14H16FNO2/c1-9-2-5-11(6-3-9)16-12-7-4-10(15)8-13(12)18-14(16)17/h4,7-9,11H,2-3,5-6H2,1H3. The molecule has 2 aromatic rings. The summed E-state index contributed by atoms with van der Waals surface area (Å²) in [5, 5.41) is 0. The van der Waals surface area contributed by atoms with Crippen LogP contribution in [0.4, 0.5) is 4.39 Å². The van der Waals surface area contributed by atoms with Gasteiger partial charge in [-0.05, 0) is 43.7 Å². The van der Waals surface area contributed by atoms with Crippen molar-refractivity contribution in [2.24, 2.45) is 5.92 Å². The van der Waals surface area contributed by atoms with Gasteiger partial charge in [0.1, 0.15) is 5.82 Å². The average molecular weight is 249 g/mol. The molecule has 0 N–H and O–H groups in total. The van der Waals surface area contributed by atoms with E-state index in [0.717, 1.165) is 31.6 Å². The molecule has 0 atom stereocenters. The summed E-state index contributed by atoms with van der Waals surface area (Å²) in [5.41, 5.74) is 1.06. The number of hydrogen-bond acceptors (Lipinski definition) is 2. The highest BCUT2D eigenvalue weighted by Gasteiger charge is 2.23. The SMILES string of the molecule is CC1CCC(n2c(=O)oc3cc(F)ccc32)CC1. The second-order valence-electron chi connectivity index (χ2n) is 5.26. The minimum Gasteiger partial charge on any atom is -0.408 e. The molecule has 0 amide bonds. The quantitative estimate of drug-likeness (QED) is 0.775. The Morgan fingerprint density at radius 2 is 2.00 bits per heavy atom. The zero-order chi connectivity index (χ0) is 12.7. The van der Waals surface area contributed by atoms with Crippen LogP contribution in [0, 0.1) is 11.7 Å². The molecule has 1 aromatic heterocycles. The molecule has 3 rings (SSSR count). The third kappa shape index (κ3) is 1.85. The average Bonchev–Trinajstić information content (AvgIpc) is 2.65. The first-order chi connectivity index (χ1) is 8.65. The van der Waals surface area contributed by atoms with Crippen molar-refractivity contribution in [3.05, 3.63) is 34.6 Å². The molecule has 96 valence electrons. The molecule has 0 spiro atoms. The molecule has 1 aliphatic carbocycles. The van der Waals surface area contributed by atoms with Gasteiger partial charge in [0.05, 0.1) is 5.52 Å². The Morgan fingerprint density at radius 3 is 2.72 bits per heavy atom. The number of oxazole rings is 1. The molecule has 1 aliphatic rings. The highest BCUT2D eigenvalue weighted by atomic mass is 19.1. The fourth-order valence-corrected chi connectivity index (χ4v) is 2.86. The van der Waals surface area contributed by atoms with Crippen LogP contribution in [0.2, 0.25) is 0 Å². The Kier molecular flexibility index (Phi) is 2.73. The molecule has 0 saturated heterocycles. The van der Waals surface area contributed by atoms with Gasteiger partial charge in [-0.25, -0.2) is 9.18 Å². The molecule has 4 heteroatoms. The first-order valence-electron chi connectivity index (χ1n) is 6.46. The second-order valence-corrected chi connectivity index (χ2v) is 5.26. The summed E-state index contributed by atoms with van der Waals surface area (Å²) >= 11 is 0. The van der Waals surface area contributed by atoms with Crippen molar-refractivity contribution in [2.45, 2.75) is 38.6 Å². The Bertz CT molecular complexity index is 620. The zero-order valence-electron chi connectivity index (χ0n) is 10.4. The Balaban J connectivity index is 2.06. The molecule has 0 aliphatic heterocycles. The van der Waals surface area contributed by atoms with Gasteiger partial charge in [0.25, 0.3) is 0 Å². The van der Waals surface area contributed by atoms with Gasteiger partial charge < -0.3 is 4.42 Å². The Morgan fingerprint density at radius 1 is 1.28 bits per heavy atom. The van der Waals surface area contributed by atoms with Gasteiger partial charge in [0.15, 0.2) is 5.58 Å². The number of fused-ring (bicyclic) bond motifs is 1. The Hall–Kier alpha value is -1.58. The molecule has 1 aromatic carbocycles. The fourth-order valence-electron chi connectivity index (χ4n) is 2.86. The van der Waals surface area contributed by atoms with E-state index in [1.54, 1.807) is 10.6 Å². The highest BCUT2D eigenvalue weighted by molar-refractivity contribution is 5.72. The van der Waals surface area contributed by atoms with E-state index < -0.39 is 0 Å². The van der Waals surface area contributed by atoms with Crippen LogP contribution in [0.5, 0.6) is 0 Å². The predicted molar refractivity (Wildman–Crippen MR) is 67.1 cm³/mol. The lowest BCUT2D eigenvalue weighted by atomic mass is 9.87. The van der Waals surface area contributed by atoms with Crippen LogP contribution < -0.4 is 5.76 Å². The minimum atomic E-state index is -0.374. The van der Waals surface area contributed by atoms with Gasteiger partial charge in [-0.2, -0.15) is 0 Å². The molecule has 0 bridgehead atoms. The van der Waals surface area contributed by atoms with Crippen LogP contribution in [0.1, 0.15) is 38.6 Å². The van der Waals surface area contributed by atoms with Gasteiger partial charge in [0.2, 0.25) is 0 Å². The van der Waals surface area contributed by atoms with Crippen LogP contribution >= 0.6 is 0 Å². The maximum absolute atomic E-state index is 13.1. The zero-order valence-corrected chi connectivity index (χ0v) is 10.4. The fraction of sp³-hybridized carbons (Fsp3) is 0.500. The highest BCUT2D eigenvalue weighted by Crippen LogP contribution is 2.33. The van der Waals surface area contributed by atoms with Crippen molar-refractivity contribution in [1.29, 1.82) is 0 Å². The number of halogens is 1. The van der Waals surface area contributed by atoms with Crippen molar-refractivity contribution in [2.75, 3.05) is 0 Å². The van der Waals surface area contributed by atoms with E-state index in [0.29, 0.717) is 11.1 Å². The molecular formula is C14H16FNO2. The minimum absolute atomic E-state index is 0.195. The van der Waals surface area contributed by atoms with Gasteiger partial charge in [-0.15, -0.1) is 0 Å². The number of aromatic nitrogens is 1. The van der Waals surface area contributed by atoms with Crippen molar-refractivity contribution in [1.82, 2.24) is 4.57 Å². The molecule has 0 unspecified atom stereocenters. The summed E-state index contributed by atoms with van der Waals surface area (Å²) in [4.78, 5) is 11.9. The maximum Gasteiger partial charge on any atom is 0.420 e. The van der Waals surface area contributed by atoms with E-state index in [1.165, 1.54) is 12.1 Å². The third-order valence-electron chi connectivity index (χ3n) is 3.93. The molecule has 18 heavy (non-hydrogen) atoms. The van der Waals surface area contributed by atoms with E-state index in [9.17, 15) is 9.18 Å².